The van der Waals surface area contributed by atoms with Crippen LogP contribution in [0.25, 0.3) is 0 Å². The second-order valence-corrected chi connectivity index (χ2v) is 6.90. The van der Waals surface area contributed by atoms with Crippen molar-refractivity contribution in [2.45, 2.75) is 31.3 Å². The van der Waals surface area contributed by atoms with E-state index >= 15 is 0 Å². The largest absolute Gasteiger partial charge is 0.487 e. The van der Waals surface area contributed by atoms with Crippen molar-refractivity contribution >= 4 is 15.7 Å². The molecule has 118 valence electrons. The Bertz CT molecular complexity index is 589. The molecule has 3 N–H and O–H groups in total. The number of sulfonamides is 1. The fourth-order valence-corrected chi connectivity index (χ4v) is 3.46. The van der Waals surface area contributed by atoms with E-state index in [-0.39, 0.29) is 11.0 Å². The summed E-state index contributed by atoms with van der Waals surface area (Å²) in [5.41, 5.74) is 6.21. The number of ether oxygens (including phenoxy) is 1. The molecular formula is C14H23N3O3S. The summed E-state index contributed by atoms with van der Waals surface area (Å²) in [7, 11) is -3.50. The molecule has 7 heteroatoms. The third-order valence-electron chi connectivity index (χ3n) is 3.44. The van der Waals surface area contributed by atoms with E-state index in [1.807, 2.05) is 13.8 Å². The Morgan fingerprint density at radius 2 is 2.24 bits per heavy atom. The first kappa shape index (κ1) is 16.1. The topological polar surface area (TPSA) is 84.7 Å². The minimum Gasteiger partial charge on any atom is -0.487 e. The van der Waals surface area contributed by atoms with Gasteiger partial charge in [-0.2, -0.15) is 0 Å². The first-order valence-corrected chi connectivity index (χ1v) is 8.71. The number of fused-ring (bicyclic) bond motifs is 1. The van der Waals surface area contributed by atoms with Crippen LogP contribution in [0.1, 0.15) is 20.3 Å². The molecule has 0 radical (unpaired) electrons. The van der Waals surface area contributed by atoms with E-state index in [2.05, 4.69) is 9.62 Å². The molecule has 1 atom stereocenters. The minimum atomic E-state index is -3.50. The zero-order valence-electron chi connectivity index (χ0n) is 12.5. The average Bonchev–Trinajstić information content (AvgIpc) is 2.45. The number of nitrogens with zero attached hydrogens (tertiary/aromatic N) is 1. The lowest BCUT2D eigenvalue weighted by molar-refractivity contribution is 0.213. The van der Waals surface area contributed by atoms with Crippen molar-refractivity contribution in [1.29, 1.82) is 0 Å². The summed E-state index contributed by atoms with van der Waals surface area (Å²) >= 11 is 0. The quantitative estimate of drug-likeness (QED) is 0.763. The van der Waals surface area contributed by atoms with Crippen molar-refractivity contribution in [3.63, 3.8) is 0 Å². The molecule has 0 aromatic heterocycles. The molecule has 0 saturated heterocycles. The second-order valence-electron chi connectivity index (χ2n) is 5.14. The van der Waals surface area contributed by atoms with E-state index in [4.69, 9.17) is 10.5 Å². The molecular weight excluding hydrogens is 290 g/mol. The number of anilines is 1. The maximum atomic E-state index is 12.2. The third kappa shape index (κ3) is 3.66. The second kappa shape index (κ2) is 6.64. The highest BCUT2D eigenvalue weighted by Crippen LogP contribution is 2.35. The number of nitrogens with one attached hydrogen (secondary N) is 1. The van der Waals surface area contributed by atoms with Crippen LogP contribution in [0.4, 0.5) is 5.69 Å². The number of benzene rings is 1. The van der Waals surface area contributed by atoms with Gasteiger partial charge in [-0.15, -0.1) is 0 Å². The van der Waals surface area contributed by atoms with Crippen LogP contribution in [0.5, 0.6) is 5.75 Å². The van der Waals surface area contributed by atoms with Crippen LogP contribution in [0, 0.1) is 0 Å². The molecule has 1 aromatic carbocycles. The molecule has 1 heterocycles. The summed E-state index contributed by atoms with van der Waals surface area (Å²) in [5, 5.41) is 0. The molecule has 0 bridgehead atoms. The van der Waals surface area contributed by atoms with E-state index in [0.717, 1.165) is 24.5 Å². The van der Waals surface area contributed by atoms with Gasteiger partial charge >= 0.3 is 0 Å². The van der Waals surface area contributed by atoms with Gasteiger partial charge in [0.2, 0.25) is 10.0 Å². The van der Waals surface area contributed by atoms with Crippen LogP contribution >= 0.6 is 0 Å². The number of nitrogens with two attached hydrogens (primary N) is 1. The molecule has 1 aromatic rings. The highest BCUT2D eigenvalue weighted by atomic mass is 32.2. The number of rotatable bonds is 6. The zero-order valence-corrected chi connectivity index (χ0v) is 13.3. The maximum absolute atomic E-state index is 12.2. The normalized spacial score (nSPS) is 18.2. The summed E-state index contributed by atoms with van der Waals surface area (Å²) in [6.07, 6.45) is 0.717. The van der Waals surface area contributed by atoms with Gasteiger partial charge in [0.05, 0.1) is 17.1 Å². The van der Waals surface area contributed by atoms with Crippen LogP contribution < -0.4 is 20.1 Å². The fraction of sp³-hybridized carbons (Fsp3) is 0.571. The molecule has 6 nitrogen and oxygen atoms in total. The first-order chi connectivity index (χ1) is 9.97. The van der Waals surface area contributed by atoms with Gasteiger partial charge in [-0.25, -0.2) is 13.1 Å². The molecule has 1 aliphatic rings. The Balaban J connectivity index is 2.27. The summed E-state index contributed by atoms with van der Waals surface area (Å²) in [4.78, 5) is 2.39. The van der Waals surface area contributed by atoms with E-state index in [1.54, 1.807) is 18.2 Å². The van der Waals surface area contributed by atoms with Crippen molar-refractivity contribution < 1.29 is 13.2 Å². The van der Waals surface area contributed by atoms with Gasteiger partial charge < -0.3 is 15.4 Å². The van der Waals surface area contributed by atoms with Gasteiger partial charge in [-0.3, -0.25) is 0 Å². The van der Waals surface area contributed by atoms with Crippen LogP contribution in [0.15, 0.2) is 23.1 Å². The molecule has 0 aliphatic carbocycles. The van der Waals surface area contributed by atoms with E-state index < -0.39 is 10.0 Å². The van der Waals surface area contributed by atoms with Gasteiger partial charge in [0.15, 0.2) is 0 Å². The molecule has 0 amide bonds. The highest BCUT2D eigenvalue weighted by Gasteiger charge is 2.24. The van der Waals surface area contributed by atoms with Gasteiger partial charge in [0, 0.05) is 13.1 Å². The van der Waals surface area contributed by atoms with Crippen LogP contribution in [-0.2, 0) is 10.0 Å². The van der Waals surface area contributed by atoms with Crippen molar-refractivity contribution in [2.75, 3.05) is 31.1 Å². The average molecular weight is 313 g/mol. The molecule has 0 fully saturated rings. The maximum Gasteiger partial charge on any atom is 0.240 e. The minimum absolute atomic E-state index is 0.0996. The Hall–Kier alpha value is -1.31. The van der Waals surface area contributed by atoms with Gasteiger partial charge in [-0.05, 0) is 45.0 Å². The fourth-order valence-electron chi connectivity index (χ4n) is 2.37. The molecule has 0 spiro atoms. The Kier molecular flexibility index (Phi) is 5.08. The lowest BCUT2D eigenvalue weighted by atomic mass is 10.2. The summed E-state index contributed by atoms with van der Waals surface area (Å²) < 4.78 is 32.8. The lowest BCUT2D eigenvalue weighted by Gasteiger charge is -2.34. The number of hydrogen-bond donors (Lipinski definition) is 2. The summed E-state index contributed by atoms with van der Waals surface area (Å²) in [6, 6.07) is 4.98. The zero-order chi connectivity index (χ0) is 15.5. The Morgan fingerprint density at radius 1 is 1.48 bits per heavy atom. The summed E-state index contributed by atoms with van der Waals surface area (Å²) in [6.45, 7) is 6.43. The molecule has 2 rings (SSSR count). The smallest absolute Gasteiger partial charge is 0.240 e. The van der Waals surface area contributed by atoms with E-state index in [1.165, 1.54) is 0 Å². The predicted octanol–water partition coefficient (Wildman–Crippen LogP) is 0.921. The van der Waals surface area contributed by atoms with Crippen LogP contribution in [-0.4, -0.2) is 40.7 Å². The van der Waals surface area contributed by atoms with Crippen LogP contribution in [0.3, 0.4) is 0 Å². The standard InChI is InChI=1S/C14H23N3O3S/c1-3-17-10-11(2)20-14-6-5-12(9-13(14)17)21(18,19)16-8-4-7-15/h5-6,9,11,16H,3-4,7-8,10,15H2,1-2H3. The highest BCUT2D eigenvalue weighted by molar-refractivity contribution is 7.89. The van der Waals surface area contributed by atoms with Crippen molar-refractivity contribution in [2.24, 2.45) is 5.73 Å². The summed E-state index contributed by atoms with van der Waals surface area (Å²) in [5.74, 6) is 0.733. The van der Waals surface area contributed by atoms with Crippen molar-refractivity contribution in [3.05, 3.63) is 18.2 Å². The van der Waals surface area contributed by atoms with Crippen molar-refractivity contribution in [1.82, 2.24) is 4.72 Å². The first-order valence-electron chi connectivity index (χ1n) is 7.23. The molecule has 0 saturated carbocycles. The van der Waals surface area contributed by atoms with Crippen LogP contribution in [0.2, 0.25) is 0 Å². The molecule has 1 unspecified atom stereocenters. The molecule has 21 heavy (non-hydrogen) atoms. The van der Waals surface area contributed by atoms with Crippen molar-refractivity contribution in [3.8, 4) is 5.75 Å². The predicted molar refractivity (Wildman–Crippen MR) is 83.3 cm³/mol. The number of hydrogen-bond acceptors (Lipinski definition) is 5. The van der Waals surface area contributed by atoms with Gasteiger partial charge in [0.25, 0.3) is 0 Å². The molecule has 1 aliphatic heterocycles. The monoisotopic (exact) mass is 313 g/mol. The number of likely N-dealkylation sites (N-methyl/N-ethyl adjacent to an activating group) is 1. The third-order valence-corrected chi connectivity index (χ3v) is 4.90. The van der Waals surface area contributed by atoms with Gasteiger partial charge in [-0.1, -0.05) is 0 Å². The Labute approximate surface area is 126 Å². The van der Waals surface area contributed by atoms with E-state index in [9.17, 15) is 8.42 Å². The van der Waals surface area contributed by atoms with Gasteiger partial charge in [0.1, 0.15) is 11.9 Å². The Morgan fingerprint density at radius 3 is 2.90 bits per heavy atom. The van der Waals surface area contributed by atoms with E-state index in [0.29, 0.717) is 19.5 Å². The lowest BCUT2D eigenvalue weighted by Crippen LogP contribution is -2.38. The SMILES string of the molecule is CCN1CC(C)Oc2ccc(S(=O)(=O)NCCCN)cc21.